The second-order valence-corrected chi connectivity index (χ2v) is 10.8. The van der Waals surface area contributed by atoms with Crippen molar-refractivity contribution in [3.8, 4) is 0 Å². The Hall–Kier alpha value is -3.56. The molecular weight excluding hydrogens is 460 g/mol. The Bertz CT molecular complexity index is 1410. The zero-order valence-electron chi connectivity index (χ0n) is 19.4. The standard InChI is InChI=1S/C26H28N6O2S/c33-35(34,16-4-15-32-13-1-2-14-32)23-11-9-22(10-12-23)30-26-27-17-20(18-28-26)7-8-21-5-3-6-25-24(21)19-29-31-25/h3,5-12,17-19H,1-2,4,13-16H2,(H,29,31)(H,27,28,30)/b8-7+. The molecule has 1 aliphatic rings. The third-order valence-electron chi connectivity index (χ3n) is 6.20. The molecule has 0 radical (unpaired) electrons. The fourth-order valence-corrected chi connectivity index (χ4v) is 5.58. The van der Waals surface area contributed by atoms with Gasteiger partial charge in [-0.15, -0.1) is 0 Å². The fraction of sp³-hybridized carbons (Fsp3) is 0.269. The molecule has 0 aliphatic carbocycles. The molecule has 5 rings (SSSR count). The molecule has 1 fully saturated rings. The van der Waals surface area contributed by atoms with E-state index in [0.29, 0.717) is 17.3 Å². The number of sulfone groups is 1. The van der Waals surface area contributed by atoms with Gasteiger partial charge in [0, 0.05) is 29.0 Å². The number of hydrogen-bond acceptors (Lipinski definition) is 7. The van der Waals surface area contributed by atoms with Gasteiger partial charge in [0.05, 0.1) is 22.4 Å². The van der Waals surface area contributed by atoms with Crippen LogP contribution in [0.3, 0.4) is 0 Å². The number of likely N-dealkylation sites (tertiary alicyclic amines) is 1. The van der Waals surface area contributed by atoms with Crippen LogP contribution in [0, 0.1) is 0 Å². The number of anilines is 2. The number of nitrogens with zero attached hydrogens (tertiary/aromatic N) is 4. The molecule has 8 nitrogen and oxygen atoms in total. The number of benzene rings is 2. The summed E-state index contributed by atoms with van der Waals surface area (Å²) in [5, 5.41) is 11.2. The third-order valence-corrected chi connectivity index (χ3v) is 8.02. The summed E-state index contributed by atoms with van der Waals surface area (Å²) in [4.78, 5) is 11.4. The molecule has 0 saturated carbocycles. The van der Waals surface area contributed by atoms with Gasteiger partial charge in [-0.05, 0) is 74.8 Å². The van der Waals surface area contributed by atoms with Crippen molar-refractivity contribution in [3.63, 3.8) is 0 Å². The smallest absolute Gasteiger partial charge is 0.227 e. The maximum Gasteiger partial charge on any atom is 0.227 e. The minimum atomic E-state index is -3.29. The third kappa shape index (κ3) is 5.75. The Balaban J connectivity index is 1.17. The molecule has 0 bridgehead atoms. The van der Waals surface area contributed by atoms with E-state index in [9.17, 15) is 8.42 Å². The molecule has 0 atom stereocenters. The predicted molar refractivity (Wildman–Crippen MR) is 139 cm³/mol. The maximum absolute atomic E-state index is 12.7. The number of hydrogen-bond donors (Lipinski definition) is 2. The monoisotopic (exact) mass is 488 g/mol. The number of aromatic nitrogens is 4. The highest BCUT2D eigenvalue weighted by molar-refractivity contribution is 7.91. The van der Waals surface area contributed by atoms with Gasteiger partial charge in [0.1, 0.15) is 0 Å². The van der Waals surface area contributed by atoms with E-state index in [-0.39, 0.29) is 5.75 Å². The summed E-state index contributed by atoms with van der Waals surface area (Å²) in [5.74, 6) is 0.615. The Morgan fingerprint density at radius 2 is 1.74 bits per heavy atom. The van der Waals surface area contributed by atoms with Crippen molar-refractivity contribution in [3.05, 3.63) is 72.2 Å². The van der Waals surface area contributed by atoms with Crippen LogP contribution in [0.15, 0.2) is 66.0 Å². The summed E-state index contributed by atoms with van der Waals surface area (Å²) in [6.45, 7) is 3.02. The number of aromatic amines is 1. The summed E-state index contributed by atoms with van der Waals surface area (Å²) >= 11 is 0. The normalized spacial score (nSPS) is 14.7. The number of rotatable bonds is 9. The average Bonchev–Trinajstić information content (AvgIpc) is 3.56. The lowest BCUT2D eigenvalue weighted by atomic mass is 10.1. The Morgan fingerprint density at radius 3 is 2.51 bits per heavy atom. The van der Waals surface area contributed by atoms with Gasteiger partial charge >= 0.3 is 0 Å². The fourth-order valence-electron chi connectivity index (χ4n) is 4.29. The molecule has 9 heteroatoms. The molecule has 4 aromatic rings. The van der Waals surface area contributed by atoms with Crippen LogP contribution >= 0.6 is 0 Å². The van der Waals surface area contributed by atoms with Gasteiger partial charge in [-0.2, -0.15) is 5.10 Å². The first-order valence-electron chi connectivity index (χ1n) is 11.8. The molecule has 180 valence electrons. The Kier molecular flexibility index (Phi) is 6.87. The molecule has 3 heterocycles. The maximum atomic E-state index is 12.7. The molecule has 0 unspecified atom stereocenters. The minimum Gasteiger partial charge on any atom is -0.324 e. The molecule has 2 aromatic carbocycles. The van der Waals surface area contributed by atoms with Crippen molar-refractivity contribution in [1.29, 1.82) is 0 Å². The van der Waals surface area contributed by atoms with Crippen LogP contribution < -0.4 is 5.32 Å². The molecular formula is C26H28N6O2S. The van der Waals surface area contributed by atoms with Crippen LogP contribution in [0.25, 0.3) is 23.1 Å². The molecule has 0 amide bonds. The van der Waals surface area contributed by atoms with E-state index in [4.69, 9.17) is 0 Å². The van der Waals surface area contributed by atoms with E-state index in [1.54, 1.807) is 36.7 Å². The van der Waals surface area contributed by atoms with Crippen LogP contribution in [0.5, 0.6) is 0 Å². The van der Waals surface area contributed by atoms with E-state index in [2.05, 4.69) is 30.4 Å². The van der Waals surface area contributed by atoms with E-state index < -0.39 is 9.84 Å². The molecule has 1 aliphatic heterocycles. The second kappa shape index (κ2) is 10.4. The van der Waals surface area contributed by atoms with Gasteiger partial charge in [0.15, 0.2) is 9.84 Å². The summed E-state index contributed by atoms with van der Waals surface area (Å²) < 4.78 is 25.3. The van der Waals surface area contributed by atoms with E-state index in [1.807, 2.05) is 36.5 Å². The average molecular weight is 489 g/mol. The quantitative estimate of drug-likeness (QED) is 0.357. The van der Waals surface area contributed by atoms with E-state index in [0.717, 1.165) is 47.4 Å². The number of fused-ring (bicyclic) bond motifs is 1. The molecule has 2 aromatic heterocycles. The van der Waals surface area contributed by atoms with Crippen molar-refractivity contribution >= 4 is 44.5 Å². The second-order valence-electron chi connectivity index (χ2n) is 8.72. The van der Waals surface area contributed by atoms with Gasteiger partial charge in [0.2, 0.25) is 5.95 Å². The SMILES string of the molecule is O=S(=O)(CCCN1CCCC1)c1ccc(Nc2ncc(/C=C/c3cccc4[nH]ncc34)cn2)cc1. The predicted octanol–water partition coefficient (Wildman–Crippen LogP) is 4.53. The zero-order chi connectivity index (χ0) is 24.1. The van der Waals surface area contributed by atoms with Gasteiger partial charge in [0.25, 0.3) is 0 Å². The van der Waals surface area contributed by atoms with Crippen LogP contribution in [-0.2, 0) is 9.84 Å². The van der Waals surface area contributed by atoms with Gasteiger partial charge in [-0.25, -0.2) is 18.4 Å². The molecule has 0 spiro atoms. The van der Waals surface area contributed by atoms with Gasteiger partial charge in [-0.3, -0.25) is 5.10 Å². The van der Waals surface area contributed by atoms with Gasteiger partial charge < -0.3 is 10.2 Å². The van der Waals surface area contributed by atoms with Crippen molar-refractivity contribution < 1.29 is 8.42 Å². The largest absolute Gasteiger partial charge is 0.324 e. The van der Waals surface area contributed by atoms with Crippen LogP contribution in [-0.4, -0.2) is 58.9 Å². The first-order valence-corrected chi connectivity index (χ1v) is 13.5. The van der Waals surface area contributed by atoms with Crippen molar-refractivity contribution in [2.45, 2.75) is 24.2 Å². The minimum absolute atomic E-state index is 0.170. The summed E-state index contributed by atoms with van der Waals surface area (Å²) in [6.07, 6.45) is 12.3. The summed E-state index contributed by atoms with van der Waals surface area (Å²) in [5.41, 5.74) is 3.65. The molecule has 1 saturated heterocycles. The summed E-state index contributed by atoms with van der Waals surface area (Å²) in [6, 6.07) is 12.8. The molecule has 2 N–H and O–H groups in total. The molecule has 35 heavy (non-hydrogen) atoms. The number of nitrogens with one attached hydrogen (secondary N) is 2. The Labute approximate surface area is 205 Å². The lowest BCUT2D eigenvalue weighted by molar-refractivity contribution is 0.340. The van der Waals surface area contributed by atoms with Crippen molar-refractivity contribution in [2.75, 3.05) is 30.7 Å². The van der Waals surface area contributed by atoms with Crippen molar-refractivity contribution in [1.82, 2.24) is 25.1 Å². The topological polar surface area (TPSA) is 104 Å². The first kappa shape index (κ1) is 23.2. The van der Waals surface area contributed by atoms with E-state index in [1.165, 1.54) is 12.8 Å². The first-order chi connectivity index (χ1) is 17.1. The van der Waals surface area contributed by atoms with Gasteiger partial charge in [-0.1, -0.05) is 24.3 Å². The lowest BCUT2D eigenvalue weighted by Gasteiger charge is -2.14. The highest BCUT2D eigenvalue weighted by atomic mass is 32.2. The van der Waals surface area contributed by atoms with Crippen LogP contribution in [0.4, 0.5) is 11.6 Å². The number of H-pyrrole nitrogens is 1. The highest BCUT2D eigenvalue weighted by Gasteiger charge is 2.16. The lowest BCUT2D eigenvalue weighted by Crippen LogP contribution is -2.22. The zero-order valence-corrected chi connectivity index (χ0v) is 20.2. The van der Waals surface area contributed by atoms with E-state index >= 15 is 0 Å². The van der Waals surface area contributed by atoms with Crippen LogP contribution in [0.2, 0.25) is 0 Å². The Morgan fingerprint density at radius 1 is 0.971 bits per heavy atom. The van der Waals surface area contributed by atoms with Crippen molar-refractivity contribution in [2.24, 2.45) is 0 Å². The summed E-state index contributed by atoms with van der Waals surface area (Å²) in [7, 11) is -3.29. The van der Waals surface area contributed by atoms with Crippen LogP contribution in [0.1, 0.15) is 30.4 Å². The highest BCUT2D eigenvalue weighted by Crippen LogP contribution is 2.20.